The molecule has 0 spiro atoms. The van der Waals surface area contributed by atoms with Crippen molar-refractivity contribution in [2.75, 3.05) is 0 Å². The average molecular weight is 314 g/mol. The van der Waals surface area contributed by atoms with Crippen LogP contribution in [0.15, 0.2) is 23.6 Å². The highest BCUT2D eigenvalue weighted by Gasteiger charge is 2.37. The molecule has 1 heterocycles. The SMILES string of the molecule is C=Cc1c(CCCC)cc(=O)[nH]c1/C=C/NC(=O)C(F)(F)F. The molecule has 0 unspecified atom stereocenters. The second kappa shape index (κ2) is 7.63. The molecule has 1 aromatic rings. The molecule has 1 amide bonds. The monoisotopic (exact) mass is 314 g/mol. The van der Waals surface area contributed by atoms with E-state index < -0.39 is 12.1 Å². The number of rotatable bonds is 6. The molecule has 0 atom stereocenters. The van der Waals surface area contributed by atoms with E-state index in [0.29, 0.717) is 17.7 Å². The third-order valence-electron chi connectivity index (χ3n) is 2.93. The molecule has 120 valence electrons. The normalized spacial score (nSPS) is 11.6. The van der Waals surface area contributed by atoms with Crippen molar-refractivity contribution in [3.63, 3.8) is 0 Å². The van der Waals surface area contributed by atoms with Crippen LogP contribution in [0, 0.1) is 0 Å². The predicted molar refractivity (Wildman–Crippen MR) is 79.0 cm³/mol. The number of halogens is 3. The molecular formula is C15H17F3N2O2. The Balaban J connectivity index is 3.03. The minimum absolute atomic E-state index is 0.302. The van der Waals surface area contributed by atoms with E-state index in [9.17, 15) is 22.8 Å². The van der Waals surface area contributed by atoms with E-state index >= 15 is 0 Å². The highest BCUT2D eigenvalue weighted by molar-refractivity contribution is 5.83. The molecule has 0 aliphatic rings. The molecule has 0 bridgehead atoms. The zero-order valence-corrected chi connectivity index (χ0v) is 12.1. The number of aromatic amines is 1. The summed E-state index contributed by atoms with van der Waals surface area (Å²) in [6, 6.07) is 1.44. The molecule has 0 aliphatic carbocycles. The van der Waals surface area contributed by atoms with Crippen LogP contribution in [0.2, 0.25) is 0 Å². The Morgan fingerprint density at radius 3 is 2.68 bits per heavy atom. The molecule has 0 saturated carbocycles. The highest BCUT2D eigenvalue weighted by Crippen LogP contribution is 2.17. The van der Waals surface area contributed by atoms with Crippen LogP contribution < -0.4 is 10.9 Å². The molecule has 1 aromatic heterocycles. The summed E-state index contributed by atoms with van der Waals surface area (Å²) in [6.45, 7) is 5.66. The first kappa shape index (κ1) is 17.7. The van der Waals surface area contributed by atoms with Gasteiger partial charge in [-0.05, 0) is 24.5 Å². The number of carbonyl (C=O) groups excluding carboxylic acids is 1. The molecule has 0 aliphatic heterocycles. The van der Waals surface area contributed by atoms with Crippen LogP contribution in [-0.2, 0) is 11.2 Å². The van der Waals surface area contributed by atoms with Crippen LogP contribution in [0.1, 0.15) is 36.6 Å². The van der Waals surface area contributed by atoms with Gasteiger partial charge in [-0.25, -0.2) is 0 Å². The first-order valence-corrected chi connectivity index (χ1v) is 6.72. The standard InChI is InChI=1S/C15H17F3N2O2/c1-3-5-6-10-9-13(21)20-12(11(10)4-2)7-8-19-14(22)15(16,17)18/h4,7-9H,2-3,5-6H2,1H3,(H,19,22)(H,20,21)/b8-7+. The van der Waals surface area contributed by atoms with Gasteiger partial charge in [-0.15, -0.1) is 0 Å². The van der Waals surface area contributed by atoms with E-state index in [1.165, 1.54) is 18.2 Å². The summed E-state index contributed by atoms with van der Waals surface area (Å²) in [6.07, 6.45) is 1.09. The number of amides is 1. The van der Waals surface area contributed by atoms with E-state index in [2.05, 4.69) is 11.6 Å². The summed E-state index contributed by atoms with van der Waals surface area (Å²) in [5.41, 5.74) is 1.34. The molecule has 22 heavy (non-hydrogen) atoms. The summed E-state index contributed by atoms with van der Waals surface area (Å²) in [5.74, 6) is -2.08. The lowest BCUT2D eigenvalue weighted by Gasteiger charge is -2.09. The van der Waals surface area contributed by atoms with Crippen molar-refractivity contribution in [2.45, 2.75) is 32.4 Å². The fourth-order valence-electron chi connectivity index (χ4n) is 1.87. The lowest BCUT2D eigenvalue weighted by molar-refractivity contribution is -0.172. The number of aromatic nitrogens is 1. The van der Waals surface area contributed by atoms with Gasteiger partial charge in [0.15, 0.2) is 0 Å². The molecule has 2 N–H and O–H groups in total. The zero-order chi connectivity index (χ0) is 16.8. The molecule has 0 fully saturated rings. The van der Waals surface area contributed by atoms with Crippen molar-refractivity contribution in [2.24, 2.45) is 0 Å². The number of alkyl halides is 3. The Kier molecular flexibility index (Phi) is 6.15. The van der Waals surface area contributed by atoms with Crippen LogP contribution in [0.25, 0.3) is 12.2 Å². The number of nitrogens with one attached hydrogen (secondary N) is 2. The van der Waals surface area contributed by atoms with E-state index in [4.69, 9.17) is 0 Å². The second-order valence-electron chi connectivity index (χ2n) is 4.60. The van der Waals surface area contributed by atoms with Crippen LogP contribution in [0.5, 0.6) is 0 Å². The van der Waals surface area contributed by atoms with Crippen LogP contribution in [0.4, 0.5) is 13.2 Å². The molecule has 4 nitrogen and oxygen atoms in total. The first-order valence-electron chi connectivity index (χ1n) is 6.72. The van der Waals surface area contributed by atoms with Gasteiger partial charge in [0.05, 0.1) is 0 Å². The largest absolute Gasteiger partial charge is 0.471 e. The molecule has 1 rings (SSSR count). The fourth-order valence-corrected chi connectivity index (χ4v) is 1.87. The maximum atomic E-state index is 12.1. The summed E-state index contributed by atoms with van der Waals surface area (Å²) in [5, 5.41) is 1.60. The van der Waals surface area contributed by atoms with Crippen molar-refractivity contribution in [1.82, 2.24) is 10.3 Å². The molecule has 0 radical (unpaired) electrons. The summed E-state index contributed by atoms with van der Waals surface area (Å²) >= 11 is 0. The fraction of sp³-hybridized carbons (Fsp3) is 0.333. The van der Waals surface area contributed by atoms with Crippen LogP contribution in [0.3, 0.4) is 0 Å². The Hall–Kier alpha value is -2.31. The minimum Gasteiger partial charge on any atom is -0.325 e. The van der Waals surface area contributed by atoms with E-state index in [0.717, 1.165) is 24.6 Å². The smallest absolute Gasteiger partial charge is 0.325 e. The number of aryl methyl sites for hydroxylation is 1. The maximum Gasteiger partial charge on any atom is 0.471 e. The van der Waals surface area contributed by atoms with Crippen molar-refractivity contribution >= 4 is 18.1 Å². The van der Waals surface area contributed by atoms with Crippen LogP contribution >= 0.6 is 0 Å². The van der Waals surface area contributed by atoms with Gasteiger partial charge in [0.1, 0.15) is 0 Å². The second-order valence-corrected chi connectivity index (χ2v) is 4.60. The third-order valence-corrected chi connectivity index (χ3v) is 2.93. The van der Waals surface area contributed by atoms with Crippen molar-refractivity contribution in [1.29, 1.82) is 0 Å². The zero-order valence-electron chi connectivity index (χ0n) is 12.1. The first-order chi connectivity index (χ1) is 10.3. The quantitative estimate of drug-likeness (QED) is 0.848. The lowest BCUT2D eigenvalue weighted by atomic mass is 10.0. The van der Waals surface area contributed by atoms with Gasteiger partial charge in [0.25, 0.3) is 0 Å². The van der Waals surface area contributed by atoms with Gasteiger partial charge in [-0.2, -0.15) is 13.2 Å². The van der Waals surface area contributed by atoms with Gasteiger partial charge >= 0.3 is 12.1 Å². The Morgan fingerprint density at radius 2 is 2.14 bits per heavy atom. The van der Waals surface area contributed by atoms with Gasteiger partial charge in [-0.1, -0.05) is 26.0 Å². The molecule has 7 heteroatoms. The number of hydrogen-bond donors (Lipinski definition) is 2. The summed E-state index contributed by atoms with van der Waals surface area (Å²) < 4.78 is 36.2. The topological polar surface area (TPSA) is 62.0 Å². The van der Waals surface area contributed by atoms with Crippen molar-refractivity contribution in [3.05, 3.63) is 46.0 Å². The number of carbonyl (C=O) groups is 1. The molecular weight excluding hydrogens is 297 g/mol. The Labute approximate surface area is 125 Å². The minimum atomic E-state index is -4.96. The van der Waals surface area contributed by atoms with E-state index in [-0.39, 0.29) is 5.56 Å². The number of hydrogen-bond acceptors (Lipinski definition) is 2. The number of unbranched alkanes of at least 4 members (excludes halogenated alkanes) is 1. The molecule has 0 saturated heterocycles. The van der Waals surface area contributed by atoms with Gasteiger partial charge < -0.3 is 10.3 Å². The Morgan fingerprint density at radius 1 is 1.45 bits per heavy atom. The predicted octanol–water partition coefficient (Wildman–Crippen LogP) is 3.01. The Bertz CT molecular complexity index is 631. The third kappa shape index (κ3) is 4.91. The summed E-state index contributed by atoms with van der Waals surface area (Å²) in [4.78, 5) is 24.8. The maximum absolute atomic E-state index is 12.1. The molecule has 0 aromatic carbocycles. The van der Waals surface area contributed by atoms with Gasteiger partial charge in [0.2, 0.25) is 5.56 Å². The van der Waals surface area contributed by atoms with E-state index in [1.54, 1.807) is 5.32 Å². The van der Waals surface area contributed by atoms with Gasteiger partial charge in [-0.3, -0.25) is 9.59 Å². The summed E-state index contributed by atoms with van der Waals surface area (Å²) in [7, 11) is 0. The average Bonchev–Trinajstić information content (AvgIpc) is 2.43. The number of pyridine rings is 1. The van der Waals surface area contributed by atoms with Crippen LogP contribution in [-0.4, -0.2) is 17.1 Å². The van der Waals surface area contributed by atoms with E-state index in [1.807, 2.05) is 6.92 Å². The lowest BCUT2D eigenvalue weighted by Crippen LogP contribution is -2.33. The van der Waals surface area contributed by atoms with Crippen molar-refractivity contribution < 1.29 is 18.0 Å². The van der Waals surface area contributed by atoms with Crippen molar-refractivity contribution in [3.8, 4) is 0 Å². The number of H-pyrrole nitrogens is 1. The van der Waals surface area contributed by atoms with Gasteiger partial charge in [0, 0.05) is 23.5 Å². The highest BCUT2D eigenvalue weighted by atomic mass is 19.4.